The minimum atomic E-state index is -0.119. The molecule has 2 heterocycles. The standard InChI is InChI=1S/C15H19N3O2/c1-17-12(10-16)4-5-13(17)14(19)18-8-9-20-11-15(18)6-2-3-7-15/h4-5H,2-3,6-9,11H2,1H3. The summed E-state index contributed by atoms with van der Waals surface area (Å²) >= 11 is 0. The van der Waals surface area contributed by atoms with Gasteiger partial charge in [0, 0.05) is 13.6 Å². The molecule has 3 rings (SSSR count). The summed E-state index contributed by atoms with van der Waals surface area (Å²) in [5.74, 6) is 0.0270. The van der Waals surface area contributed by atoms with Gasteiger partial charge in [-0.15, -0.1) is 0 Å². The Morgan fingerprint density at radius 1 is 1.40 bits per heavy atom. The van der Waals surface area contributed by atoms with Crippen LogP contribution in [0.15, 0.2) is 12.1 Å². The van der Waals surface area contributed by atoms with Gasteiger partial charge in [-0.2, -0.15) is 5.26 Å². The molecule has 0 bridgehead atoms. The third-order valence-corrected chi connectivity index (χ3v) is 4.64. The highest BCUT2D eigenvalue weighted by Gasteiger charge is 2.44. The van der Waals surface area contributed by atoms with Crippen molar-refractivity contribution in [3.63, 3.8) is 0 Å². The average molecular weight is 273 g/mol. The highest BCUT2D eigenvalue weighted by molar-refractivity contribution is 5.93. The number of ether oxygens (including phenoxy) is 1. The van der Waals surface area contributed by atoms with Gasteiger partial charge in [0.25, 0.3) is 5.91 Å². The first kappa shape index (κ1) is 13.2. The van der Waals surface area contributed by atoms with E-state index < -0.39 is 0 Å². The number of nitrogens with zero attached hydrogens (tertiary/aromatic N) is 3. The van der Waals surface area contributed by atoms with Crippen molar-refractivity contribution in [3.8, 4) is 6.07 Å². The van der Waals surface area contributed by atoms with Gasteiger partial charge in [0.15, 0.2) is 0 Å². The van der Waals surface area contributed by atoms with Gasteiger partial charge >= 0.3 is 0 Å². The lowest BCUT2D eigenvalue weighted by molar-refractivity contribution is -0.0505. The van der Waals surface area contributed by atoms with Crippen LogP contribution in [-0.4, -0.2) is 40.7 Å². The van der Waals surface area contributed by atoms with Crippen molar-refractivity contribution in [2.24, 2.45) is 7.05 Å². The Bertz CT molecular complexity index is 564. The second-order valence-corrected chi connectivity index (χ2v) is 5.72. The molecule has 1 aromatic heterocycles. The van der Waals surface area contributed by atoms with Gasteiger partial charge < -0.3 is 14.2 Å². The van der Waals surface area contributed by atoms with Gasteiger partial charge in [-0.1, -0.05) is 12.8 Å². The molecule has 1 aliphatic carbocycles. The summed E-state index contributed by atoms with van der Waals surface area (Å²) in [6.45, 7) is 1.89. The molecule has 1 saturated heterocycles. The summed E-state index contributed by atoms with van der Waals surface area (Å²) in [5, 5.41) is 9.01. The van der Waals surface area contributed by atoms with E-state index in [2.05, 4.69) is 6.07 Å². The molecule has 0 atom stereocenters. The smallest absolute Gasteiger partial charge is 0.271 e. The Kier molecular flexibility index (Phi) is 3.27. The molecule has 1 aromatic rings. The van der Waals surface area contributed by atoms with Crippen LogP contribution in [0.1, 0.15) is 41.9 Å². The van der Waals surface area contributed by atoms with Crippen LogP contribution < -0.4 is 0 Å². The molecule has 2 aliphatic rings. The fourth-order valence-electron chi connectivity index (χ4n) is 3.47. The van der Waals surface area contributed by atoms with Crippen LogP contribution in [0.5, 0.6) is 0 Å². The molecule has 2 fully saturated rings. The van der Waals surface area contributed by atoms with Gasteiger partial charge in [0.05, 0.1) is 18.8 Å². The van der Waals surface area contributed by atoms with Gasteiger partial charge in [0.2, 0.25) is 0 Å². The summed E-state index contributed by atoms with van der Waals surface area (Å²) < 4.78 is 7.31. The number of hydrogen-bond acceptors (Lipinski definition) is 3. The maximum atomic E-state index is 12.9. The summed E-state index contributed by atoms with van der Waals surface area (Å²) in [4.78, 5) is 14.8. The number of rotatable bonds is 1. The fourth-order valence-corrected chi connectivity index (χ4v) is 3.47. The Balaban J connectivity index is 1.92. The highest BCUT2D eigenvalue weighted by Crippen LogP contribution is 2.38. The molecule has 106 valence electrons. The van der Waals surface area contributed by atoms with E-state index in [-0.39, 0.29) is 11.4 Å². The summed E-state index contributed by atoms with van der Waals surface area (Å²) in [7, 11) is 1.77. The van der Waals surface area contributed by atoms with Crippen molar-refractivity contribution >= 4 is 5.91 Å². The lowest BCUT2D eigenvalue weighted by Crippen LogP contribution is -2.57. The van der Waals surface area contributed by atoms with Crippen LogP contribution in [0.25, 0.3) is 0 Å². The maximum absolute atomic E-state index is 12.9. The molecule has 1 amide bonds. The average Bonchev–Trinajstić information content (AvgIpc) is 3.06. The molecule has 20 heavy (non-hydrogen) atoms. The SMILES string of the molecule is Cn1c(C#N)ccc1C(=O)N1CCOCC12CCCC2. The molecule has 0 aromatic carbocycles. The molecule has 1 saturated carbocycles. The van der Waals surface area contributed by atoms with E-state index in [0.29, 0.717) is 31.1 Å². The molecule has 0 unspecified atom stereocenters. The van der Waals surface area contributed by atoms with Gasteiger partial charge in [-0.05, 0) is 25.0 Å². The summed E-state index contributed by atoms with van der Waals surface area (Å²) in [6.07, 6.45) is 4.36. The number of carbonyl (C=O) groups is 1. The van der Waals surface area contributed by atoms with Crippen LogP contribution in [0.3, 0.4) is 0 Å². The van der Waals surface area contributed by atoms with E-state index >= 15 is 0 Å². The van der Waals surface area contributed by atoms with Crippen molar-refractivity contribution in [3.05, 3.63) is 23.5 Å². The lowest BCUT2D eigenvalue weighted by atomic mass is 9.94. The zero-order chi connectivity index (χ0) is 14.2. The molecular weight excluding hydrogens is 254 g/mol. The summed E-state index contributed by atoms with van der Waals surface area (Å²) in [5.41, 5.74) is 0.990. The third-order valence-electron chi connectivity index (χ3n) is 4.64. The second kappa shape index (κ2) is 4.95. The van der Waals surface area contributed by atoms with Crippen molar-refractivity contribution < 1.29 is 9.53 Å². The maximum Gasteiger partial charge on any atom is 0.271 e. The van der Waals surface area contributed by atoms with E-state index in [1.54, 1.807) is 23.7 Å². The van der Waals surface area contributed by atoms with Crippen molar-refractivity contribution in [2.45, 2.75) is 31.2 Å². The number of nitriles is 1. The number of carbonyl (C=O) groups excluding carboxylic acids is 1. The van der Waals surface area contributed by atoms with E-state index in [0.717, 1.165) is 25.7 Å². The first-order valence-electron chi connectivity index (χ1n) is 7.13. The number of aromatic nitrogens is 1. The third kappa shape index (κ3) is 1.92. The zero-order valence-corrected chi connectivity index (χ0v) is 11.8. The largest absolute Gasteiger partial charge is 0.377 e. The molecule has 0 N–H and O–H groups in total. The molecule has 5 nitrogen and oxygen atoms in total. The monoisotopic (exact) mass is 273 g/mol. The molecular formula is C15H19N3O2. The number of hydrogen-bond donors (Lipinski definition) is 0. The van der Waals surface area contributed by atoms with Crippen LogP contribution in [-0.2, 0) is 11.8 Å². The van der Waals surface area contributed by atoms with Crippen LogP contribution in [0.4, 0.5) is 0 Å². The Labute approximate surface area is 118 Å². The first-order valence-corrected chi connectivity index (χ1v) is 7.13. The van der Waals surface area contributed by atoms with Crippen molar-refractivity contribution in [1.82, 2.24) is 9.47 Å². The molecule has 1 aliphatic heterocycles. The van der Waals surface area contributed by atoms with Crippen LogP contribution in [0.2, 0.25) is 0 Å². The highest BCUT2D eigenvalue weighted by atomic mass is 16.5. The first-order chi connectivity index (χ1) is 9.68. The Morgan fingerprint density at radius 3 is 2.80 bits per heavy atom. The van der Waals surface area contributed by atoms with E-state index in [9.17, 15) is 4.79 Å². The van der Waals surface area contributed by atoms with Gasteiger partial charge in [-0.3, -0.25) is 4.79 Å². The van der Waals surface area contributed by atoms with E-state index in [1.165, 1.54) is 0 Å². The van der Waals surface area contributed by atoms with Crippen LogP contribution >= 0.6 is 0 Å². The minimum absolute atomic E-state index is 0.0270. The molecule has 5 heteroatoms. The summed E-state index contributed by atoms with van der Waals surface area (Å²) in [6, 6.07) is 5.55. The van der Waals surface area contributed by atoms with E-state index in [1.807, 2.05) is 4.90 Å². The fraction of sp³-hybridized carbons (Fsp3) is 0.600. The van der Waals surface area contributed by atoms with Crippen LogP contribution in [0, 0.1) is 11.3 Å². The Hall–Kier alpha value is -1.80. The van der Waals surface area contributed by atoms with Crippen molar-refractivity contribution in [2.75, 3.05) is 19.8 Å². The number of amides is 1. The van der Waals surface area contributed by atoms with E-state index in [4.69, 9.17) is 10.00 Å². The Morgan fingerprint density at radius 2 is 2.15 bits per heavy atom. The predicted molar refractivity (Wildman–Crippen MR) is 73.2 cm³/mol. The normalized spacial score (nSPS) is 21.1. The van der Waals surface area contributed by atoms with Crippen molar-refractivity contribution in [1.29, 1.82) is 5.26 Å². The lowest BCUT2D eigenvalue weighted by Gasteiger charge is -2.44. The quantitative estimate of drug-likeness (QED) is 0.782. The minimum Gasteiger partial charge on any atom is -0.377 e. The zero-order valence-electron chi connectivity index (χ0n) is 11.8. The second-order valence-electron chi connectivity index (χ2n) is 5.72. The predicted octanol–water partition coefficient (Wildman–Crippen LogP) is 1.68. The topological polar surface area (TPSA) is 58.3 Å². The van der Waals surface area contributed by atoms with Gasteiger partial charge in [0.1, 0.15) is 17.5 Å². The number of morpholine rings is 1. The van der Waals surface area contributed by atoms with Gasteiger partial charge in [-0.25, -0.2) is 0 Å². The molecule has 0 radical (unpaired) electrons. The molecule has 1 spiro atoms.